The molecule has 0 aromatic rings. The van der Waals surface area contributed by atoms with Gasteiger partial charge in [-0.1, -0.05) is 64.2 Å². The van der Waals surface area contributed by atoms with Crippen molar-refractivity contribution in [2.24, 2.45) is 0 Å². The third-order valence-corrected chi connectivity index (χ3v) is 6.24. The molecular weight excluding hydrogens is 426 g/mol. The monoisotopic (exact) mass is 458 g/mol. The van der Waals surface area contributed by atoms with Gasteiger partial charge < -0.3 is 10.6 Å². The number of hydrogen-bond donors (Lipinski definition) is 2. The molecule has 0 bridgehead atoms. The largest absolute Gasteiger partial charge is 0.393 e. The quantitative estimate of drug-likeness (QED) is 0.527. The van der Waals surface area contributed by atoms with Crippen molar-refractivity contribution in [1.29, 1.82) is 0 Å². The van der Waals surface area contributed by atoms with Crippen molar-refractivity contribution in [3.05, 3.63) is 0 Å². The molecule has 2 aliphatic rings. The summed E-state index contributed by atoms with van der Waals surface area (Å²) < 4.78 is 85.6. The molecule has 2 N–H and O–H groups in total. The molecule has 2 saturated carbocycles. The minimum Gasteiger partial charge on any atom is -0.348 e. The summed E-state index contributed by atoms with van der Waals surface area (Å²) in [5.74, 6) is -22.6. The van der Waals surface area contributed by atoms with Gasteiger partial charge in [-0.05, 0) is 25.7 Å². The number of halogens is 6. The van der Waals surface area contributed by atoms with E-state index in [1.54, 1.807) is 10.6 Å². The Balaban J connectivity index is 2.07. The summed E-state index contributed by atoms with van der Waals surface area (Å²) in [6, 6.07) is -1.57. The maximum atomic E-state index is 14.3. The molecule has 2 rings (SSSR count). The van der Waals surface area contributed by atoms with Crippen LogP contribution >= 0.6 is 0 Å². The number of rotatable bonds is 6. The molecule has 0 aliphatic heterocycles. The SMILES string of the molecule is O=C(NC1CCCCCCC1)C(F)(F)C(F)(F)C(F)(F)C(=O)NC1CCCCCCC1. The van der Waals surface area contributed by atoms with Crippen molar-refractivity contribution >= 4 is 11.8 Å². The van der Waals surface area contributed by atoms with Gasteiger partial charge in [0.15, 0.2) is 0 Å². The van der Waals surface area contributed by atoms with Crippen LogP contribution in [0.2, 0.25) is 0 Å². The van der Waals surface area contributed by atoms with Crippen LogP contribution in [0.15, 0.2) is 0 Å². The summed E-state index contributed by atoms with van der Waals surface area (Å²) in [6.45, 7) is 0. The highest BCUT2D eigenvalue weighted by Crippen LogP contribution is 2.46. The molecule has 0 saturated heterocycles. The Bertz CT molecular complexity index is 549. The highest BCUT2D eigenvalue weighted by molar-refractivity contribution is 5.90. The summed E-state index contributed by atoms with van der Waals surface area (Å²) >= 11 is 0. The van der Waals surface area contributed by atoms with Crippen molar-refractivity contribution < 1.29 is 35.9 Å². The van der Waals surface area contributed by atoms with E-state index in [2.05, 4.69) is 0 Å². The average molecular weight is 458 g/mol. The van der Waals surface area contributed by atoms with Crippen LogP contribution in [0.3, 0.4) is 0 Å². The predicted molar refractivity (Wildman–Crippen MR) is 103 cm³/mol. The Kier molecular flexibility index (Phi) is 9.06. The molecule has 180 valence electrons. The van der Waals surface area contributed by atoms with Gasteiger partial charge in [-0.2, -0.15) is 26.3 Å². The molecule has 0 heterocycles. The molecule has 0 aromatic heterocycles. The first-order valence-electron chi connectivity index (χ1n) is 11.3. The Morgan fingerprint density at radius 2 is 0.774 bits per heavy atom. The van der Waals surface area contributed by atoms with E-state index in [1.807, 2.05) is 0 Å². The molecule has 0 spiro atoms. The third-order valence-electron chi connectivity index (χ3n) is 6.24. The highest BCUT2D eigenvalue weighted by atomic mass is 19.3. The van der Waals surface area contributed by atoms with Crippen LogP contribution in [-0.4, -0.2) is 41.7 Å². The smallest absolute Gasteiger partial charge is 0.348 e. The number of carbonyl (C=O) groups is 2. The summed E-state index contributed by atoms with van der Waals surface area (Å²) in [7, 11) is 0. The van der Waals surface area contributed by atoms with Crippen LogP contribution in [0.4, 0.5) is 26.3 Å². The van der Waals surface area contributed by atoms with Crippen molar-refractivity contribution in [3.63, 3.8) is 0 Å². The fourth-order valence-corrected chi connectivity index (χ4v) is 4.24. The number of alkyl halides is 6. The van der Waals surface area contributed by atoms with Gasteiger partial charge in [0.05, 0.1) is 0 Å². The summed E-state index contributed by atoms with van der Waals surface area (Å²) in [5, 5.41) is 3.61. The molecule has 31 heavy (non-hydrogen) atoms. The highest BCUT2D eigenvalue weighted by Gasteiger charge is 2.78. The molecule has 4 nitrogen and oxygen atoms in total. The minimum atomic E-state index is -6.17. The van der Waals surface area contributed by atoms with E-state index in [0.717, 1.165) is 38.5 Å². The van der Waals surface area contributed by atoms with Gasteiger partial charge in [0.1, 0.15) is 0 Å². The van der Waals surface area contributed by atoms with Crippen LogP contribution in [0.5, 0.6) is 0 Å². The Hall–Kier alpha value is -1.48. The number of amides is 2. The molecular formula is C21H32F6N2O2. The maximum absolute atomic E-state index is 14.3. The van der Waals surface area contributed by atoms with E-state index < -0.39 is 41.7 Å². The van der Waals surface area contributed by atoms with E-state index in [4.69, 9.17) is 0 Å². The number of nitrogens with one attached hydrogen (secondary N) is 2. The van der Waals surface area contributed by atoms with E-state index >= 15 is 0 Å². The standard InChI is InChI=1S/C21H32F6N2O2/c22-19(23,17(30)28-15-11-7-3-1-4-8-12-15)21(26,27)20(24,25)18(31)29-16-13-9-5-2-6-10-14-16/h15-16H,1-14H2,(H,28,30)(H,29,31). The third kappa shape index (κ3) is 6.28. The first kappa shape index (κ1) is 25.8. The van der Waals surface area contributed by atoms with Crippen molar-refractivity contribution in [2.75, 3.05) is 0 Å². The maximum Gasteiger partial charge on any atom is 0.393 e. The molecule has 10 heteroatoms. The van der Waals surface area contributed by atoms with Crippen LogP contribution in [-0.2, 0) is 9.59 Å². The predicted octanol–water partition coefficient (Wildman–Crippen LogP) is 5.35. The normalized spacial score (nSPS) is 21.4. The minimum absolute atomic E-state index is 0.311. The van der Waals surface area contributed by atoms with Gasteiger partial charge in [0.25, 0.3) is 11.8 Å². The first-order valence-corrected chi connectivity index (χ1v) is 11.3. The summed E-state index contributed by atoms with van der Waals surface area (Å²) in [5.41, 5.74) is 0. The molecule has 0 radical (unpaired) electrons. The lowest BCUT2D eigenvalue weighted by molar-refractivity contribution is -0.287. The number of hydrogen-bond acceptors (Lipinski definition) is 2. The van der Waals surface area contributed by atoms with Crippen LogP contribution in [0.1, 0.15) is 89.9 Å². The van der Waals surface area contributed by atoms with Gasteiger partial charge in [-0.15, -0.1) is 0 Å². The molecule has 0 atom stereocenters. The van der Waals surface area contributed by atoms with E-state index in [9.17, 15) is 35.9 Å². The van der Waals surface area contributed by atoms with Crippen molar-refractivity contribution in [3.8, 4) is 0 Å². The molecule has 0 aromatic carbocycles. The van der Waals surface area contributed by atoms with Crippen LogP contribution in [0.25, 0.3) is 0 Å². The summed E-state index contributed by atoms with van der Waals surface area (Å²) in [4.78, 5) is 23.8. The van der Waals surface area contributed by atoms with Gasteiger partial charge in [-0.3, -0.25) is 9.59 Å². The zero-order valence-corrected chi connectivity index (χ0v) is 17.6. The van der Waals surface area contributed by atoms with E-state index in [0.29, 0.717) is 51.4 Å². The zero-order valence-electron chi connectivity index (χ0n) is 17.6. The molecule has 2 aliphatic carbocycles. The van der Waals surface area contributed by atoms with Crippen molar-refractivity contribution in [1.82, 2.24) is 10.6 Å². The van der Waals surface area contributed by atoms with Gasteiger partial charge >= 0.3 is 17.8 Å². The Morgan fingerprint density at radius 3 is 1.06 bits per heavy atom. The van der Waals surface area contributed by atoms with E-state index in [1.165, 1.54) is 0 Å². The lowest BCUT2D eigenvalue weighted by atomic mass is 9.95. The zero-order chi connectivity index (χ0) is 23.1. The van der Waals surface area contributed by atoms with E-state index in [-0.39, 0.29) is 0 Å². The van der Waals surface area contributed by atoms with Gasteiger partial charge in [0.2, 0.25) is 0 Å². The lowest BCUT2D eigenvalue weighted by Gasteiger charge is -2.33. The second-order valence-electron chi connectivity index (χ2n) is 8.75. The fraction of sp³-hybridized carbons (Fsp3) is 0.905. The van der Waals surface area contributed by atoms with Gasteiger partial charge in [0, 0.05) is 12.1 Å². The second-order valence-corrected chi connectivity index (χ2v) is 8.75. The Labute approximate surface area is 178 Å². The molecule has 2 fully saturated rings. The molecule has 2 amide bonds. The average Bonchev–Trinajstić information content (AvgIpc) is 2.65. The molecule has 0 unspecified atom stereocenters. The van der Waals surface area contributed by atoms with Crippen molar-refractivity contribution in [2.45, 2.75) is 120 Å². The van der Waals surface area contributed by atoms with Gasteiger partial charge in [-0.25, -0.2) is 0 Å². The van der Waals surface area contributed by atoms with Crippen LogP contribution < -0.4 is 10.6 Å². The summed E-state index contributed by atoms with van der Waals surface area (Å²) in [6.07, 6.45) is 8.90. The van der Waals surface area contributed by atoms with Crippen LogP contribution in [0, 0.1) is 0 Å². The lowest BCUT2D eigenvalue weighted by Crippen LogP contribution is -2.66. The Morgan fingerprint density at radius 1 is 0.516 bits per heavy atom. The first-order chi connectivity index (χ1) is 14.5. The second kappa shape index (κ2) is 10.9. The topological polar surface area (TPSA) is 58.2 Å². The number of carbonyl (C=O) groups excluding carboxylic acids is 2. The fourth-order valence-electron chi connectivity index (χ4n) is 4.24.